The van der Waals surface area contributed by atoms with Crippen LogP contribution in [0.5, 0.6) is 0 Å². The minimum atomic E-state index is -5.17. The van der Waals surface area contributed by atoms with E-state index in [1.165, 1.54) is 24.3 Å². The lowest BCUT2D eigenvalue weighted by Gasteiger charge is -2.32. The molecule has 18 heteroatoms. The number of amides is 2. The van der Waals surface area contributed by atoms with Gasteiger partial charge in [0.15, 0.2) is 11.2 Å². The van der Waals surface area contributed by atoms with Crippen LogP contribution in [0.2, 0.25) is 20.1 Å². The van der Waals surface area contributed by atoms with E-state index < -0.39 is 40.8 Å². The lowest BCUT2D eigenvalue weighted by Crippen LogP contribution is -2.49. The summed E-state index contributed by atoms with van der Waals surface area (Å²) < 4.78 is 43.1. The Kier molecular flexibility index (Phi) is 15.0. The SMILES string of the molecule is Cc1cc(C(=O)CC(C[N+](=O)[O-])(c2cc(Cl)cc(Cl)c2)C(F)(F)F)ccc1C(=O)NC1CSC1.Cc1cc(C2=NCC(C)(c3cc(Cl)cc(Cl)c3)C2)ccc1C(=O)NC1CSC1. The first-order chi connectivity index (χ1) is 29.2. The number of benzene rings is 4. The number of alkyl halides is 3. The Morgan fingerprint density at radius 1 is 0.790 bits per heavy atom. The first-order valence-corrected chi connectivity index (χ1v) is 23.2. The van der Waals surface area contributed by atoms with Crippen LogP contribution in [0.25, 0.3) is 0 Å². The number of nitrogens with zero attached hydrogens (tertiary/aromatic N) is 2. The molecular weight excluding hydrogens is 927 g/mol. The highest BCUT2D eigenvalue weighted by Crippen LogP contribution is 2.46. The first kappa shape index (κ1) is 47.7. The predicted molar refractivity (Wildman–Crippen MR) is 244 cm³/mol. The number of carbonyl (C=O) groups excluding carboxylic acids is 3. The topological polar surface area (TPSA) is 131 Å². The van der Waals surface area contributed by atoms with Crippen molar-refractivity contribution in [2.24, 2.45) is 4.99 Å². The van der Waals surface area contributed by atoms with Crippen LogP contribution in [0.1, 0.15) is 78.7 Å². The number of Topliss-reactive ketones (excluding diaryl/α,β-unsaturated/α-hetero) is 1. The highest BCUT2D eigenvalue weighted by molar-refractivity contribution is 8.01. The minimum Gasteiger partial charge on any atom is -0.348 e. The Labute approximate surface area is 385 Å². The number of hydrogen-bond donors (Lipinski definition) is 2. The lowest BCUT2D eigenvalue weighted by molar-refractivity contribution is -0.501. The van der Waals surface area contributed by atoms with Crippen molar-refractivity contribution in [2.45, 2.75) is 62.7 Å². The molecule has 3 aliphatic rings. The largest absolute Gasteiger partial charge is 0.405 e. The van der Waals surface area contributed by atoms with E-state index in [0.717, 1.165) is 69.5 Å². The van der Waals surface area contributed by atoms with Gasteiger partial charge in [0, 0.05) is 107 Å². The van der Waals surface area contributed by atoms with E-state index >= 15 is 0 Å². The molecule has 0 aliphatic carbocycles. The Bertz CT molecular complexity index is 2410. The fourth-order valence-electron chi connectivity index (χ4n) is 7.42. The number of rotatable bonds is 12. The van der Waals surface area contributed by atoms with Crippen molar-refractivity contribution in [1.82, 2.24) is 10.6 Å². The van der Waals surface area contributed by atoms with E-state index in [4.69, 9.17) is 51.4 Å². The summed E-state index contributed by atoms with van der Waals surface area (Å²) in [6, 6.07) is 19.0. The third-order valence-electron chi connectivity index (χ3n) is 11.1. The van der Waals surface area contributed by atoms with Crippen molar-refractivity contribution in [3.05, 3.63) is 148 Å². The highest BCUT2D eigenvalue weighted by Gasteiger charge is 2.61. The van der Waals surface area contributed by atoms with Gasteiger partial charge in [-0.15, -0.1) is 0 Å². The molecule has 62 heavy (non-hydrogen) atoms. The van der Waals surface area contributed by atoms with Gasteiger partial charge in [-0.1, -0.05) is 65.5 Å². The molecule has 4 aromatic carbocycles. The minimum absolute atomic E-state index is 0.0149. The molecule has 4 aromatic rings. The lowest BCUT2D eigenvalue weighted by atomic mass is 9.74. The molecule has 3 heterocycles. The Morgan fingerprint density at radius 3 is 1.74 bits per heavy atom. The zero-order valence-electron chi connectivity index (χ0n) is 33.6. The molecule has 2 fully saturated rings. The van der Waals surface area contributed by atoms with Crippen molar-refractivity contribution in [3.8, 4) is 0 Å². The number of nitrogens with one attached hydrogen (secondary N) is 2. The van der Waals surface area contributed by atoms with E-state index in [-0.39, 0.29) is 38.9 Å². The normalized spacial score (nSPS) is 18.6. The fourth-order valence-corrected chi connectivity index (χ4v) is 9.75. The van der Waals surface area contributed by atoms with Crippen LogP contribution in [0, 0.1) is 24.0 Å². The number of aryl methyl sites for hydroxylation is 2. The van der Waals surface area contributed by atoms with Gasteiger partial charge in [-0.3, -0.25) is 29.5 Å². The zero-order chi connectivity index (χ0) is 45.1. The second-order valence-corrected chi connectivity index (χ2v) is 19.9. The second-order valence-electron chi connectivity index (χ2n) is 16.0. The average molecular weight is 969 g/mol. The fraction of sp³-hybridized carbons (Fsp3) is 0.364. The number of thioether (sulfide) groups is 2. The van der Waals surface area contributed by atoms with Gasteiger partial charge in [0.05, 0.1) is 0 Å². The van der Waals surface area contributed by atoms with Crippen LogP contribution in [-0.4, -0.2) is 82.6 Å². The smallest absolute Gasteiger partial charge is 0.348 e. The van der Waals surface area contributed by atoms with E-state index in [1.54, 1.807) is 24.8 Å². The van der Waals surface area contributed by atoms with E-state index in [0.29, 0.717) is 33.8 Å². The number of aliphatic imine (C=N–C) groups is 1. The van der Waals surface area contributed by atoms with Crippen LogP contribution < -0.4 is 10.6 Å². The Hall–Kier alpha value is -3.79. The standard InChI is InChI=1S/C22H19Cl2F3N2O4S.C22H22Cl2N2OS/c1-12-4-13(2-3-18(12)20(31)28-17-9-34-10-17)19(30)8-21(11-29(32)33,22(25,26)27)14-5-15(23)7-16(24)6-14;1-13-5-14(3-4-19(13)21(27)26-18-10-28-11-18)20-9-22(2,12-25-20)15-6-16(23)8-17(24)7-15/h2-7,17H,8-11H2,1H3,(H,28,31);3-8,18H,9-12H2,1-2H3,(H,26,27). The maximum atomic E-state index is 14.4. The van der Waals surface area contributed by atoms with Crippen molar-refractivity contribution in [3.63, 3.8) is 0 Å². The molecule has 3 aliphatic heterocycles. The summed E-state index contributed by atoms with van der Waals surface area (Å²) in [6.07, 6.45) is -5.59. The Morgan fingerprint density at radius 2 is 1.29 bits per heavy atom. The number of ketones is 1. The summed E-state index contributed by atoms with van der Waals surface area (Å²) >= 11 is 27.7. The van der Waals surface area contributed by atoms with Crippen LogP contribution >= 0.6 is 69.9 Å². The number of carbonyl (C=O) groups is 3. The molecule has 0 bridgehead atoms. The van der Waals surface area contributed by atoms with Gasteiger partial charge < -0.3 is 10.6 Å². The monoisotopic (exact) mass is 966 g/mol. The summed E-state index contributed by atoms with van der Waals surface area (Å²) in [5, 5.41) is 18.2. The predicted octanol–water partition coefficient (Wildman–Crippen LogP) is 10.8. The van der Waals surface area contributed by atoms with Crippen molar-refractivity contribution in [1.29, 1.82) is 0 Å². The molecule has 2 saturated heterocycles. The molecular formula is C44H41Cl4F3N4O5S2. The molecule has 0 radical (unpaired) electrons. The molecule has 9 nitrogen and oxygen atoms in total. The Balaban J connectivity index is 0.000000210. The van der Waals surface area contributed by atoms with Crippen molar-refractivity contribution in [2.75, 3.05) is 36.1 Å². The van der Waals surface area contributed by atoms with E-state index in [1.807, 2.05) is 43.0 Å². The summed E-state index contributed by atoms with van der Waals surface area (Å²) in [4.78, 5) is 52.9. The van der Waals surface area contributed by atoms with Gasteiger partial charge in [-0.25, -0.2) is 0 Å². The summed E-state index contributed by atoms with van der Waals surface area (Å²) in [5.41, 5.74) is 1.68. The van der Waals surface area contributed by atoms with Crippen LogP contribution in [0.4, 0.5) is 13.2 Å². The summed E-state index contributed by atoms with van der Waals surface area (Å²) in [7, 11) is 0. The summed E-state index contributed by atoms with van der Waals surface area (Å²) in [5.74, 6) is 2.31. The molecule has 328 valence electrons. The van der Waals surface area contributed by atoms with Crippen LogP contribution in [0.3, 0.4) is 0 Å². The van der Waals surface area contributed by atoms with Gasteiger partial charge in [0.1, 0.15) is 0 Å². The van der Waals surface area contributed by atoms with Gasteiger partial charge in [0.2, 0.25) is 6.54 Å². The molecule has 7 rings (SSSR count). The maximum Gasteiger partial charge on any atom is 0.405 e. The number of nitro groups is 1. The quantitative estimate of drug-likeness (QED) is 0.0821. The zero-order valence-corrected chi connectivity index (χ0v) is 38.3. The average Bonchev–Trinajstić information content (AvgIpc) is 3.56. The number of halogens is 7. The van der Waals surface area contributed by atoms with Crippen LogP contribution in [0.15, 0.2) is 77.8 Å². The van der Waals surface area contributed by atoms with Crippen molar-refractivity contribution < 1.29 is 32.5 Å². The van der Waals surface area contributed by atoms with E-state index in [2.05, 4.69) is 23.6 Å². The first-order valence-electron chi connectivity index (χ1n) is 19.3. The molecule has 2 amide bonds. The van der Waals surface area contributed by atoms with Gasteiger partial charge in [-0.05, 0) is 102 Å². The van der Waals surface area contributed by atoms with Crippen molar-refractivity contribution >= 4 is 93.2 Å². The third-order valence-corrected chi connectivity index (χ3v) is 14.5. The third kappa shape index (κ3) is 11.1. The highest BCUT2D eigenvalue weighted by atomic mass is 35.5. The molecule has 0 spiro atoms. The number of hydrogen-bond acceptors (Lipinski definition) is 8. The van der Waals surface area contributed by atoms with Crippen LogP contribution in [-0.2, 0) is 10.8 Å². The van der Waals surface area contributed by atoms with Gasteiger partial charge >= 0.3 is 6.18 Å². The molecule has 2 atom stereocenters. The molecule has 2 N–H and O–H groups in total. The summed E-state index contributed by atoms with van der Waals surface area (Å²) in [6.45, 7) is 4.85. The van der Waals surface area contributed by atoms with Gasteiger partial charge in [0.25, 0.3) is 11.8 Å². The molecule has 2 unspecified atom stereocenters. The second kappa shape index (κ2) is 19.5. The van der Waals surface area contributed by atoms with Gasteiger partial charge in [-0.2, -0.15) is 36.7 Å². The molecule has 0 saturated carbocycles. The van der Waals surface area contributed by atoms with E-state index in [9.17, 15) is 37.7 Å². The maximum absolute atomic E-state index is 14.4. The molecule has 0 aromatic heterocycles.